The van der Waals surface area contributed by atoms with Crippen LogP contribution < -0.4 is 9.47 Å². The average Bonchev–Trinajstić information content (AvgIpc) is 2.55. The molecule has 0 fully saturated rings. The zero-order valence-electron chi connectivity index (χ0n) is 12.7. The van der Waals surface area contributed by atoms with E-state index >= 15 is 0 Å². The topological polar surface area (TPSA) is 52.6 Å². The Balaban J connectivity index is 2.08. The monoisotopic (exact) mass is 298 g/mol. The van der Waals surface area contributed by atoms with Crippen molar-refractivity contribution in [3.63, 3.8) is 0 Å². The first kappa shape index (κ1) is 15.8. The second-order valence-corrected chi connectivity index (χ2v) is 4.65. The molecule has 22 heavy (non-hydrogen) atoms. The van der Waals surface area contributed by atoms with Crippen molar-refractivity contribution in [1.82, 2.24) is 0 Å². The quantitative estimate of drug-likeness (QED) is 0.461. The first-order valence-electron chi connectivity index (χ1n) is 7.22. The van der Waals surface area contributed by atoms with Crippen LogP contribution in [0.4, 0.5) is 0 Å². The Labute approximate surface area is 129 Å². The highest BCUT2D eigenvalue weighted by Gasteiger charge is 2.10. The summed E-state index contributed by atoms with van der Waals surface area (Å²) in [5, 5.41) is 0. The van der Waals surface area contributed by atoms with Crippen LogP contribution in [0, 0.1) is 0 Å². The fourth-order valence-electron chi connectivity index (χ4n) is 1.96. The molecule has 114 valence electrons. The fraction of sp³-hybridized carbons (Fsp3) is 0.222. The highest BCUT2D eigenvalue weighted by atomic mass is 16.5. The Bertz CT molecular complexity index is 659. The predicted molar refractivity (Wildman–Crippen MR) is 83.6 cm³/mol. The van der Waals surface area contributed by atoms with Crippen LogP contribution in [0.25, 0.3) is 0 Å². The molecule has 0 radical (unpaired) electrons. The van der Waals surface area contributed by atoms with E-state index in [-0.39, 0.29) is 5.78 Å². The molecule has 0 N–H and O–H groups in total. The van der Waals surface area contributed by atoms with Crippen LogP contribution in [0.3, 0.4) is 0 Å². The van der Waals surface area contributed by atoms with E-state index in [0.717, 1.165) is 0 Å². The van der Waals surface area contributed by atoms with Gasteiger partial charge in [0.15, 0.2) is 5.78 Å². The van der Waals surface area contributed by atoms with Crippen LogP contribution in [0.1, 0.15) is 41.0 Å². The predicted octanol–water partition coefficient (Wildman–Crippen LogP) is 3.90. The first-order chi connectivity index (χ1) is 10.6. The average molecular weight is 298 g/mol. The highest BCUT2D eigenvalue weighted by Crippen LogP contribution is 2.18. The van der Waals surface area contributed by atoms with E-state index in [4.69, 9.17) is 9.47 Å². The third-order valence-electron chi connectivity index (χ3n) is 3.09. The minimum atomic E-state index is -0.462. The summed E-state index contributed by atoms with van der Waals surface area (Å²) < 4.78 is 10.7. The van der Waals surface area contributed by atoms with E-state index < -0.39 is 5.97 Å². The van der Waals surface area contributed by atoms with Gasteiger partial charge >= 0.3 is 5.97 Å². The molecule has 2 aromatic rings. The van der Waals surface area contributed by atoms with Crippen LogP contribution in [0.15, 0.2) is 48.5 Å². The summed E-state index contributed by atoms with van der Waals surface area (Å²) in [5.41, 5.74) is 1.03. The lowest BCUT2D eigenvalue weighted by atomic mass is 10.1. The van der Waals surface area contributed by atoms with Gasteiger partial charge in [-0.25, -0.2) is 4.79 Å². The van der Waals surface area contributed by atoms with Crippen molar-refractivity contribution in [3.05, 3.63) is 59.7 Å². The van der Waals surface area contributed by atoms with Gasteiger partial charge in [0.1, 0.15) is 11.5 Å². The summed E-state index contributed by atoms with van der Waals surface area (Å²) in [5.74, 6) is 0.624. The number of rotatable bonds is 6. The van der Waals surface area contributed by atoms with Gasteiger partial charge < -0.3 is 9.47 Å². The van der Waals surface area contributed by atoms with Crippen LogP contribution in [0.5, 0.6) is 11.5 Å². The Morgan fingerprint density at radius 3 is 2.27 bits per heavy atom. The zero-order chi connectivity index (χ0) is 15.9. The lowest BCUT2D eigenvalue weighted by molar-refractivity contribution is 0.0734. The Morgan fingerprint density at radius 2 is 1.64 bits per heavy atom. The SMILES string of the molecule is CCOc1cccc(C(=O)Oc2ccc(C(=O)CC)cc2)c1. The molecule has 2 aromatic carbocycles. The number of ether oxygens (including phenoxy) is 2. The van der Waals surface area contributed by atoms with Gasteiger partial charge in [-0.15, -0.1) is 0 Å². The number of ketones is 1. The van der Waals surface area contributed by atoms with Crippen molar-refractivity contribution in [1.29, 1.82) is 0 Å². The maximum Gasteiger partial charge on any atom is 0.343 e. The minimum Gasteiger partial charge on any atom is -0.494 e. The lowest BCUT2D eigenvalue weighted by Crippen LogP contribution is -2.09. The zero-order valence-corrected chi connectivity index (χ0v) is 12.7. The molecular formula is C18H18O4. The molecular weight excluding hydrogens is 280 g/mol. The molecule has 0 aromatic heterocycles. The smallest absolute Gasteiger partial charge is 0.343 e. The molecule has 0 saturated carbocycles. The van der Waals surface area contributed by atoms with Crippen LogP contribution in [-0.2, 0) is 0 Å². The molecule has 0 aliphatic rings. The maximum absolute atomic E-state index is 12.1. The number of Topliss-reactive ketones (excluding diaryl/α,β-unsaturated/α-hetero) is 1. The summed E-state index contributed by atoms with van der Waals surface area (Å²) in [6.07, 6.45) is 0.448. The van der Waals surface area contributed by atoms with E-state index in [1.54, 1.807) is 48.5 Å². The van der Waals surface area contributed by atoms with Crippen molar-refractivity contribution in [3.8, 4) is 11.5 Å². The number of carbonyl (C=O) groups is 2. The summed E-state index contributed by atoms with van der Waals surface area (Å²) in [7, 11) is 0. The van der Waals surface area contributed by atoms with Gasteiger partial charge in [-0.2, -0.15) is 0 Å². The summed E-state index contributed by atoms with van der Waals surface area (Å²) in [4.78, 5) is 23.6. The van der Waals surface area contributed by atoms with Crippen molar-refractivity contribution in [2.24, 2.45) is 0 Å². The maximum atomic E-state index is 12.1. The van der Waals surface area contributed by atoms with E-state index in [1.807, 2.05) is 13.8 Å². The second kappa shape index (κ2) is 7.41. The first-order valence-corrected chi connectivity index (χ1v) is 7.22. The standard InChI is InChI=1S/C18H18O4/c1-3-17(19)13-8-10-15(11-9-13)22-18(20)14-6-5-7-16(12-14)21-4-2/h5-12H,3-4H2,1-2H3. The molecule has 4 heteroatoms. The number of hydrogen-bond acceptors (Lipinski definition) is 4. The van der Waals surface area contributed by atoms with Crippen LogP contribution in [-0.4, -0.2) is 18.4 Å². The second-order valence-electron chi connectivity index (χ2n) is 4.65. The van der Waals surface area contributed by atoms with Crippen molar-refractivity contribution < 1.29 is 19.1 Å². The molecule has 0 aliphatic carbocycles. The highest BCUT2D eigenvalue weighted by molar-refractivity contribution is 5.96. The summed E-state index contributed by atoms with van der Waals surface area (Å²) in [6, 6.07) is 13.4. The third-order valence-corrected chi connectivity index (χ3v) is 3.09. The van der Waals surface area contributed by atoms with E-state index in [9.17, 15) is 9.59 Å². The molecule has 0 amide bonds. The van der Waals surface area contributed by atoms with Crippen LogP contribution >= 0.6 is 0 Å². The summed E-state index contributed by atoms with van der Waals surface area (Å²) >= 11 is 0. The molecule has 0 atom stereocenters. The molecule has 0 unspecified atom stereocenters. The Hall–Kier alpha value is -2.62. The fourth-order valence-corrected chi connectivity index (χ4v) is 1.96. The number of hydrogen-bond donors (Lipinski definition) is 0. The van der Waals surface area contributed by atoms with Gasteiger partial charge in [0.05, 0.1) is 12.2 Å². The van der Waals surface area contributed by atoms with Crippen molar-refractivity contribution >= 4 is 11.8 Å². The van der Waals surface area contributed by atoms with Gasteiger partial charge in [-0.05, 0) is 49.4 Å². The Morgan fingerprint density at radius 1 is 0.909 bits per heavy atom. The van der Waals surface area contributed by atoms with Gasteiger partial charge in [-0.1, -0.05) is 13.0 Å². The number of esters is 1. The van der Waals surface area contributed by atoms with E-state index in [2.05, 4.69) is 0 Å². The molecule has 0 heterocycles. The number of carbonyl (C=O) groups excluding carboxylic acids is 2. The normalized spacial score (nSPS) is 10.1. The largest absolute Gasteiger partial charge is 0.494 e. The van der Waals surface area contributed by atoms with Gasteiger partial charge in [0.25, 0.3) is 0 Å². The van der Waals surface area contributed by atoms with Gasteiger partial charge in [0.2, 0.25) is 0 Å². The number of benzene rings is 2. The van der Waals surface area contributed by atoms with E-state index in [1.165, 1.54) is 0 Å². The molecule has 0 spiro atoms. The molecule has 4 nitrogen and oxygen atoms in total. The van der Waals surface area contributed by atoms with Gasteiger partial charge in [0, 0.05) is 12.0 Å². The van der Waals surface area contributed by atoms with Crippen molar-refractivity contribution in [2.75, 3.05) is 6.61 Å². The molecule has 0 saturated heterocycles. The molecule has 0 bridgehead atoms. The van der Waals surface area contributed by atoms with Crippen molar-refractivity contribution in [2.45, 2.75) is 20.3 Å². The minimum absolute atomic E-state index is 0.0577. The lowest BCUT2D eigenvalue weighted by Gasteiger charge is -2.07. The third kappa shape index (κ3) is 3.95. The van der Waals surface area contributed by atoms with E-state index in [0.29, 0.717) is 35.7 Å². The summed E-state index contributed by atoms with van der Waals surface area (Å²) in [6.45, 7) is 4.22. The molecule has 0 aliphatic heterocycles. The van der Waals surface area contributed by atoms with Gasteiger partial charge in [-0.3, -0.25) is 4.79 Å². The molecule has 2 rings (SSSR count). The Kier molecular flexibility index (Phi) is 5.31. The van der Waals surface area contributed by atoms with Crippen LogP contribution in [0.2, 0.25) is 0 Å².